The Labute approximate surface area is 153 Å². The molecule has 0 aliphatic heterocycles. The Bertz CT molecular complexity index is 852. The summed E-state index contributed by atoms with van der Waals surface area (Å²) >= 11 is 0.982. The molecule has 138 valence electrons. The van der Waals surface area contributed by atoms with Gasteiger partial charge in [0.15, 0.2) is 0 Å². The van der Waals surface area contributed by atoms with Crippen LogP contribution in [0.3, 0.4) is 0 Å². The molecule has 2 N–H and O–H groups in total. The van der Waals surface area contributed by atoms with Crippen LogP contribution in [0, 0.1) is 12.7 Å². The molecule has 0 bridgehead atoms. The summed E-state index contributed by atoms with van der Waals surface area (Å²) in [5, 5.41) is 2.87. The molecule has 0 spiro atoms. The van der Waals surface area contributed by atoms with E-state index in [2.05, 4.69) is 20.0 Å². The number of esters is 1. The van der Waals surface area contributed by atoms with E-state index in [4.69, 9.17) is 0 Å². The third-order valence-corrected chi connectivity index (χ3v) is 4.44. The first-order chi connectivity index (χ1) is 12.4. The minimum atomic E-state index is -0.634. The molecule has 1 heterocycles. The molecule has 0 aliphatic rings. The second-order valence-corrected chi connectivity index (χ2v) is 6.32. The normalized spacial score (nSPS) is 10.4. The Balaban J connectivity index is 1.91. The van der Waals surface area contributed by atoms with Crippen LogP contribution in [0.5, 0.6) is 0 Å². The van der Waals surface area contributed by atoms with Gasteiger partial charge in [-0.25, -0.2) is 14.0 Å². The van der Waals surface area contributed by atoms with Crippen molar-refractivity contribution in [1.82, 2.24) is 15.3 Å². The molecule has 0 saturated carbocycles. The number of carbonyl (C=O) groups excluding carboxylic acids is 2. The summed E-state index contributed by atoms with van der Waals surface area (Å²) in [4.78, 5) is 41.5. The van der Waals surface area contributed by atoms with Gasteiger partial charge in [-0.1, -0.05) is 23.9 Å². The number of H-pyrrole nitrogens is 1. The van der Waals surface area contributed by atoms with Crippen LogP contribution in [0.2, 0.25) is 0 Å². The quantitative estimate of drug-likeness (QED) is 0.429. The topological polar surface area (TPSA) is 101 Å². The van der Waals surface area contributed by atoms with Crippen LogP contribution < -0.4 is 11.0 Å². The van der Waals surface area contributed by atoms with Gasteiger partial charge in [0.05, 0.1) is 12.9 Å². The number of aromatic amines is 1. The number of aryl methyl sites for hydroxylation is 1. The van der Waals surface area contributed by atoms with Crippen molar-refractivity contribution in [3.63, 3.8) is 0 Å². The molecule has 26 heavy (non-hydrogen) atoms. The van der Waals surface area contributed by atoms with E-state index in [-0.39, 0.29) is 28.1 Å². The van der Waals surface area contributed by atoms with Crippen LogP contribution in [0.1, 0.15) is 21.6 Å². The lowest BCUT2D eigenvalue weighted by molar-refractivity contribution is -0.118. The van der Waals surface area contributed by atoms with Crippen molar-refractivity contribution in [1.29, 1.82) is 0 Å². The van der Waals surface area contributed by atoms with E-state index >= 15 is 0 Å². The Kier molecular flexibility index (Phi) is 6.90. The SMILES string of the molecule is COC(=O)c1c(SCC(=O)NCCc2ccc(F)cc2)nc(=O)[nH]c1C. The molecule has 1 aromatic heterocycles. The lowest BCUT2D eigenvalue weighted by Gasteiger charge is -2.09. The number of rotatable bonds is 7. The maximum atomic E-state index is 12.8. The molecule has 1 aromatic carbocycles. The number of nitrogens with zero attached hydrogens (tertiary/aromatic N) is 1. The van der Waals surface area contributed by atoms with Crippen LogP contribution >= 0.6 is 11.8 Å². The van der Waals surface area contributed by atoms with E-state index in [0.29, 0.717) is 18.7 Å². The predicted octanol–water partition coefficient (Wildman–Crippen LogP) is 1.46. The molecule has 0 radical (unpaired) electrons. The van der Waals surface area contributed by atoms with E-state index in [9.17, 15) is 18.8 Å². The number of ether oxygens (including phenoxy) is 1. The van der Waals surface area contributed by atoms with Crippen LogP contribution in [-0.4, -0.2) is 41.3 Å². The Morgan fingerprint density at radius 3 is 2.65 bits per heavy atom. The van der Waals surface area contributed by atoms with Gasteiger partial charge < -0.3 is 15.0 Å². The van der Waals surface area contributed by atoms with Crippen molar-refractivity contribution in [3.8, 4) is 0 Å². The number of carbonyl (C=O) groups is 2. The highest BCUT2D eigenvalue weighted by Gasteiger charge is 2.19. The number of amides is 1. The number of halogens is 1. The third-order valence-electron chi connectivity index (χ3n) is 3.46. The lowest BCUT2D eigenvalue weighted by Crippen LogP contribution is -2.27. The molecule has 7 nitrogen and oxygen atoms in total. The zero-order valence-electron chi connectivity index (χ0n) is 14.3. The molecule has 0 unspecified atom stereocenters. The van der Waals surface area contributed by atoms with Crippen LogP contribution in [0.4, 0.5) is 4.39 Å². The monoisotopic (exact) mass is 379 g/mol. The second-order valence-electron chi connectivity index (χ2n) is 5.35. The number of hydrogen-bond donors (Lipinski definition) is 2. The van der Waals surface area contributed by atoms with Crippen molar-refractivity contribution in [3.05, 3.63) is 57.4 Å². The highest BCUT2D eigenvalue weighted by atomic mass is 32.2. The first-order valence-corrected chi connectivity index (χ1v) is 8.72. The highest BCUT2D eigenvalue weighted by molar-refractivity contribution is 8.00. The minimum absolute atomic E-state index is 0.0106. The predicted molar refractivity (Wildman–Crippen MR) is 94.8 cm³/mol. The van der Waals surface area contributed by atoms with E-state index in [1.165, 1.54) is 19.2 Å². The largest absolute Gasteiger partial charge is 0.465 e. The summed E-state index contributed by atoms with van der Waals surface area (Å²) in [7, 11) is 1.23. The number of nitrogens with one attached hydrogen (secondary N) is 2. The van der Waals surface area contributed by atoms with Gasteiger partial charge in [-0.2, -0.15) is 4.98 Å². The molecule has 0 aliphatic carbocycles. The van der Waals surface area contributed by atoms with E-state index in [0.717, 1.165) is 17.3 Å². The molecule has 2 aromatic rings. The van der Waals surface area contributed by atoms with Gasteiger partial charge in [-0.3, -0.25) is 4.79 Å². The molecule has 1 amide bonds. The molecule has 0 saturated heterocycles. The standard InChI is InChI=1S/C17H18FN3O4S/c1-10-14(16(23)25-2)15(21-17(24)20-10)26-9-13(22)19-8-7-11-3-5-12(18)6-4-11/h3-6H,7-9H2,1-2H3,(H,19,22)(H,20,21,24). The van der Waals surface area contributed by atoms with Crippen LogP contribution in [0.25, 0.3) is 0 Å². The first-order valence-electron chi connectivity index (χ1n) is 7.74. The van der Waals surface area contributed by atoms with E-state index < -0.39 is 11.7 Å². The number of hydrogen-bond acceptors (Lipinski definition) is 6. The summed E-state index contributed by atoms with van der Waals surface area (Å²) < 4.78 is 17.5. The summed E-state index contributed by atoms with van der Waals surface area (Å²) in [6.07, 6.45) is 0.562. The summed E-state index contributed by atoms with van der Waals surface area (Å²) in [6, 6.07) is 6.04. The average Bonchev–Trinajstić information content (AvgIpc) is 2.60. The maximum absolute atomic E-state index is 12.8. The smallest absolute Gasteiger partial charge is 0.346 e. The van der Waals surface area contributed by atoms with Gasteiger partial charge in [0, 0.05) is 12.2 Å². The minimum Gasteiger partial charge on any atom is -0.465 e. The zero-order chi connectivity index (χ0) is 19.1. The molecular formula is C17H18FN3O4S. The number of aromatic nitrogens is 2. The summed E-state index contributed by atoms with van der Waals surface area (Å²) in [5.41, 5.74) is 0.765. The summed E-state index contributed by atoms with van der Waals surface area (Å²) in [6.45, 7) is 1.94. The van der Waals surface area contributed by atoms with E-state index in [1.54, 1.807) is 19.1 Å². The van der Waals surface area contributed by atoms with Gasteiger partial charge in [-0.05, 0) is 31.0 Å². The molecule has 0 atom stereocenters. The van der Waals surface area contributed by atoms with Gasteiger partial charge in [0.2, 0.25) is 5.91 Å². The zero-order valence-corrected chi connectivity index (χ0v) is 15.1. The number of thioether (sulfide) groups is 1. The molecule has 0 fully saturated rings. The van der Waals surface area contributed by atoms with Crippen molar-refractivity contribution in [2.45, 2.75) is 18.4 Å². The Morgan fingerprint density at radius 1 is 1.31 bits per heavy atom. The Morgan fingerprint density at radius 2 is 2.00 bits per heavy atom. The van der Waals surface area contributed by atoms with Gasteiger partial charge >= 0.3 is 11.7 Å². The second kappa shape index (κ2) is 9.14. The van der Waals surface area contributed by atoms with Crippen LogP contribution in [-0.2, 0) is 16.0 Å². The molecular weight excluding hydrogens is 361 g/mol. The fraction of sp³-hybridized carbons (Fsp3) is 0.294. The molecule has 9 heteroatoms. The van der Waals surface area contributed by atoms with Crippen molar-refractivity contribution in [2.24, 2.45) is 0 Å². The van der Waals surface area contributed by atoms with E-state index in [1.807, 2.05) is 0 Å². The fourth-order valence-corrected chi connectivity index (χ4v) is 3.09. The van der Waals surface area contributed by atoms with Crippen molar-refractivity contribution < 1.29 is 18.7 Å². The van der Waals surface area contributed by atoms with Crippen molar-refractivity contribution in [2.75, 3.05) is 19.4 Å². The van der Waals surface area contributed by atoms with Crippen LogP contribution in [0.15, 0.2) is 34.1 Å². The third kappa shape index (κ3) is 5.41. The fourth-order valence-electron chi connectivity index (χ4n) is 2.19. The molecule has 2 rings (SSSR count). The number of methoxy groups -OCH3 is 1. The Hall–Kier alpha value is -2.68. The van der Waals surface area contributed by atoms with Gasteiger partial charge in [0.1, 0.15) is 16.4 Å². The summed E-state index contributed by atoms with van der Waals surface area (Å²) in [5.74, 6) is -1.22. The maximum Gasteiger partial charge on any atom is 0.346 e. The van der Waals surface area contributed by atoms with Gasteiger partial charge in [-0.15, -0.1) is 0 Å². The lowest BCUT2D eigenvalue weighted by atomic mass is 10.1. The number of benzene rings is 1. The van der Waals surface area contributed by atoms with Gasteiger partial charge in [0.25, 0.3) is 0 Å². The average molecular weight is 379 g/mol. The van der Waals surface area contributed by atoms with Crippen molar-refractivity contribution >= 4 is 23.6 Å². The first kappa shape index (κ1) is 19.6. The highest BCUT2D eigenvalue weighted by Crippen LogP contribution is 2.21.